The first-order valence-electron chi connectivity index (χ1n) is 24.5. The number of benzene rings is 4. The van der Waals surface area contributed by atoms with Gasteiger partial charge in [-0.05, 0) is 113 Å². The third-order valence-corrected chi connectivity index (χ3v) is 13.8. The number of carbonyl (C=O) groups is 5. The van der Waals surface area contributed by atoms with Crippen LogP contribution in [0.4, 0.5) is 0 Å². The van der Waals surface area contributed by atoms with E-state index in [2.05, 4.69) is 20.5 Å². The average Bonchev–Trinajstić information content (AvgIpc) is 3.73. The van der Waals surface area contributed by atoms with E-state index in [1.165, 1.54) is 16.9 Å². The van der Waals surface area contributed by atoms with Crippen LogP contribution in [0.1, 0.15) is 55.1 Å². The molecular formula is C55H69Cl2N9O7. The van der Waals surface area contributed by atoms with Crippen molar-refractivity contribution in [3.63, 3.8) is 0 Å². The molecule has 1 saturated heterocycles. The Bertz CT molecular complexity index is 2650. The Morgan fingerprint density at radius 3 is 2.18 bits per heavy atom. The molecule has 5 atom stereocenters. The lowest BCUT2D eigenvalue weighted by molar-refractivity contribution is -0.147. The quantitative estimate of drug-likeness (QED) is 0.0986. The highest BCUT2D eigenvalue weighted by Gasteiger charge is 2.38. The summed E-state index contributed by atoms with van der Waals surface area (Å²) in [7, 11) is 10.6. The number of ether oxygens (including phenoxy) is 2. The van der Waals surface area contributed by atoms with Crippen molar-refractivity contribution in [3.8, 4) is 22.8 Å². The van der Waals surface area contributed by atoms with Gasteiger partial charge < -0.3 is 50.0 Å². The van der Waals surface area contributed by atoms with Crippen molar-refractivity contribution in [2.75, 3.05) is 55.0 Å². The Hall–Kier alpha value is -6.30. The van der Waals surface area contributed by atoms with E-state index >= 15 is 9.59 Å². The molecule has 2 heterocycles. The summed E-state index contributed by atoms with van der Waals surface area (Å²) in [6.45, 7) is 2.45. The molecule has 0 spiro atoms. The van der Waals surface area contributed by atoms with E-state index in [4.69, 9.17) is 38.4 Å². The molecule has 0 radical (unpaired) electrons. The van der Waals surface area contributed by atoms with E-state index in [1.807, 2.05) is 106 Å². The molecule has 0 bridgehead atoms. The van der Waals surface area contributed by atoms with E-state index in [1.54, 1.807) is 49.3 Å². The lowest BCUT2D eigenvalue weighted by Crippen LogP contribution is -2.58. The zero-order valence-corrected chi connectivity index (χ0v) is 44.4. The monoisotopic (exact) mass is 1040 g/mol. The molecule has 16 nitrogen and oxygen atoms in total. The highest BCUT2D eigenvalue weighted by molar-refractivity contribution is 6.31. The van der Waals surface area contributed by atoms with Gasteiger partial charge in [0.05, 0.1) is 37.5 Å². The van der Waals surface area contributed by atoms with Crippen LogP contribution < -0.4 is 21.1 Å². The highest BCUT2D eigenvalue weighted by atomic mass is 35.5. The molecule has 5 aromatic rings. The third kappa shape index (κ3) is 15.4. The fourth-order valence-electron chi connectivity index (χ4n) is 8.95. The minimum Gasteiger partial charge on any atom is -0.457 e. The van der Waals surface area contributed by atoms with E-state index in [9.17, 15) is 14.4 Å². The van der Waals surface area contributed by atoms with Crippen LogP contribution in [0.5, 0.6) is 11.5 Å². The fraction of sp³-hybridized carbons (Fsp3) is 0.418. The van der Waals surface area contributed by atoms with Crippen LogP contribution in [0, 0.1) is 5.92 Å². The van der Waals surface area contributed by atoms with Crippen molar-refractivity contribution in [1.82, 2.24) is 39.8 Å². The van der Waals surface area contributed by atoms with E-state index < -0.39 is 47.8 Å². The largest absolute Gasteiger partial charge is 0.457 e. The Morgan fingerprint density at radius 2 is 1.51 bits per heavy atom. The molecule has 1 aliphatic heterocycles. The molecule has 0 aliphatic carbocycles. The number of hydrogen-bond acceptors (Lipinski definition) is 10. The molecule has 4 aromatic carbocycles. The first-order valence-corrected chi connectivity index (χ1v) is 25.3. The van der Waals surface area contributed by atoms with Crippen LogP contribution >= 0.6 is 23.2 Å². The maximum absolute atomic E-state index is 15.4. The standard InChI is InChI=1S/C55H69Cl2N9O7/c1-36-31-60-51(67)30-44(27-38-15-20-42(56)21-16-38)64(5)55(71)46(35-72-7)61-53(69)47(14-11-25-58)66(52(68)28-41(54(70)63(36)4)26-37-12-9-8-10-13-37)33-40-17-22-43(57)29-49(40)73-45-23-18-39(19-24-45)48-32-59-50(65(48)6)34-62(2)3/h8-10,12-13,15-24,29,32,36,41,44,46-47H,11,14,25-28,30-31,33-35,58H2,1-7H3,(H,60,67)(H,61,69)/t36-,41+,44-,46-,47-/m0/s1. The summed E-state index contributed by atoms with van der Waals surface area (Å²) in [5.41, 5.74) is 10.2. The predicted molar refractivity (Wildman–Crippen MR) is 284 cm³/mol. The second-order valence-corrected chi connectivity index (χ2v) is 19.9. The number of imidazole rings is 1. The number of hydrogen-bond donors (Lipinski definition) is 3. The molecule has 390 valence electrons. The van der Waals surface area contributed by atoms with Crippen LogP contribution in [0.2, 0.25) is 10.0 Å². The minimum atomic E-state index is -1.22. The molecule has 18 heteroatoms. The number of likely N-dealkylation sites (N-methyl/N-ethyl adjacent to an activating group) is 2. The molecule has 1 fully saturated rings. The van der Waals surface area contributed by atoms with Crippen LogP contribution in [-0.4, -0.2) is 138 Å². The van der Waals surface area contributed by atoms with E-state index in [-0.39, 0.29) is 70.2 Å². The molecule has 73 heavy (non-hydrogen) atoms. The van der Waals surface area contributed by atoms with Crippen LogP contribution in [0.15, 0.2) is 103 Å². The van der Waals surface area contributed by atoms with Crippen molar-refractivity contribution in [2.45, 2.75) is 82.7 Å². The first-order chi connectivity index (χ1) is 35.0. The molecule has 4 N–H and O–H groups in total. The summed E-state index contributed by atoms with van der Waals surface area (Å²) in [5, 5.41) is 6.81. The summed E-state index contributed by atoms with van der Waals surface area (Å²) < 4.78 is 14.1. The molecular weight excluding hydrogens is 970 g/mol. The zero-order chi connectivity index (χ0) is 52.8. The number of nitrogens with zero attached hydrogens (tertiary/aromatic N) is 6. The Kier molecular flexibility index (Phi) is 20.4. The van der Waals surface area contributed by atoms with Crippen LogP contribution in [0.25, 0.3) is 11.3 Å². The number of methoxy groups -OCH3 is 1. The van der Waals surface area contributed by atoms with Gasteiger partial charge in [-0.25, -0.2) is 4.98 Å². The van der Waals surface area contributed by atoms with Gasteiger partial charge in [0.15, 0.2) is 0 Å². The van der Waals surface area contributed by atoms with Gasteiger partial charge in [-0.15, -0.1) is 0 Å². The van der Waals surface area contributed by atoms with Gasteiger partial charge >= 0.3 is 0 Å². The number of rotatable bonds is 16. The molecule has 0 saturated carbocycles. The first kappa shape index (κ1) is 56.0. The van der Waals surface area contributed by atoms with Gasteiger partial charge in [0.25, 0.3) is 0 Å². The second-order valence-electron chi connectivity index (χ2n) is 19.1. The van der Waals surface area contributed by atoms with E-state index in [0.717, 1.165) is 28.2 Å². The van der Waals surface area contributed by atoms with Crippen molar-refractivity contribution >= 4 is 52.7 Å². The number of amides is 5. The lowest BCUT2D eigenvalue weighted by atomic mass is 9.93. The summed E-state index contributed by atoms with van der Waals surface area (Å²) >= 11 is 12.9. The van der Waals surface area contributed by atoms with Crippen molar-refractivity contribution < 1.29 is 33.4 Å². The molecule has 5 amide bonds. The van der Waals surface area contributed by atoms with Crippen LogP contribution in [0.3, 0.4) is 0 Å². The summed E-state index contributed by atoms with van der Waals surface area (Å²) in [4.78, 5) is 84.7. The summed E-state index contributed by atoms with van der Waals surface area (Å²) in [6.07, 6.45) is 2.42. The topological polar surface area (TPSA) is 185 Å². The van der Waals surface area contributed by atoms with Gasteiger partial charge in [-0.1, -0.05) is 71.7 Å². The lowest BCUT2D eigenvalue weighted by Gasteiger charge is -2.36. The predicted octanol–water partition coefficient (Wildman–Crippen LogP) is 6.50. The SMILES string of the molecule is COC[C@@H]1NC(=O)[C@H](CCCN)N(Cc2ccc(Cl)cc2Oc2ccc(-c3cnc(CN(C)C)n3C)cc2)C(=O)C[C@@H](Cc2ccccc2)C(=O)N(C)[C@@H](C)CNC(=O)C[C@H](Cc2ccc(Cl)cc2)N(C)C1=O. The van der Waals surface area contributed by atoms with Gasteiger partial charge in [0, 0.05) is 80.9 Å². The number of halogens is 2. The number of aromatic nitrogens is 2. The number of nitrogens with two attached hydrogens (primary N) is 1. The normalized spacial score (nSPS) is 20.0. The molecule has 1 aliphatic rings. The molecule has 0 unspecified atom stereocenters. The smallest absolute Gasteiger partial charge is 0.247 e. The Morgan fingerprint density at radius 1 is 0.822 bits per heavy atom. The number of carbonyl (C=O) groups excluding carboxylic acids is 5. The summed E-state index contributed by atoms with van der Waals surface area (Å²) in [5.74, 6) is -1.41. The number of nitrogens with one attached hydrogen (secondary N) is 2. The minimum absolute atomic E-state index is 0.0845. The van der Waals surface area contributed by atoms with Gasteiger partial charge in [-0.3, -0.25) is 24.0 Å². The zero-order valence-electron chi connectivity index (χ0n) is 42.9. The van der Waals surface area contributed by atoms with Crippen molar-refractivity contribution in [3.05, 3.63) is 136 Å². The second kappa shape index (κ2) is 26.6. The van der Waals surface area contributed by atoms with Crippen LogP contribution in [-0.2, 0) is 61.7 Å². The Labute approximate surface area is 439 Å². The average molecular weight is 1040 g/mol. The van der Waals surface area contributed by atoms with Crippen molar-refractivity contribution in [2.24, 2.45) is 18.7 Å². The third-order valence-electron chi connectivity index (χ3n) is 13.3. The highest BCUT2D eigenvalue weighted by Crippen LogP contribution is 2.33. The van der Waals surface area contributed by atoms with Gasteiger partial charge in [-0.2, -0.15) is 0 Å². The maximum atomic E-state index is 15.4. The molecule has 1 aromatic heterocycles. The summed E-state index contributed by atoms with van der Waals surface area (Å²) in [6, 6.07) is 25.6. The van der Waals surface area contributed by atoms with E-state index in [0.29, 0.717) is 40.1 Å². The fourth-order valence-corrected chi connectivity index (χ4v) is 9.24. The molecule has 6 rings (SSSR count). The van der Waals surface area contributed by atoms with Gasteiger partial charge in [0.2, 0.25) is 29.5 Å². The Balaban J connectivity index is 1.41. The van der Waals surface area contributed by atoms with Gasteiger partial charge in [0.1, 0.15) is 29.4 Å². The maximum Gasteiger partial charge on any atom is 0.247 e. The van der Waals surface area contributed by atoms with Crippen molar-refractivity contribution in [1.29, 1.82) is 0 Å².